The maximum Gasteiger partial charge on any atom is 0.120 e. The Morgan fingerprint density at radius 2 is 1.83 bits per heavy atom. The van der Waals surface area contributed by atoms with E-state index in [0.717, 1.165) is 12.1 Å². The molecule has 92 valence electrons. The number of anilines is 2. The Morgan fingerprint density at radius 1 is 1.06 bits per heavy atom. The minimum atomic E-state index is 0.0221. The van der Waals surface area contributed by atoms with E-state index >= 15 is 0 Å². The highest BCUT2D eigenvalue weighted by Crippen LogP contribution is 2.40. The molecule has 0 saturated heterocycles. The first-order valence-corrected chi connectivity index (χ1v) is 6.27. The van der Waals surface area contributed by atoms with Gasteiger partial charge in [0.2, 0.25) is 0 Å². The van der Waals surface area contributed by atoms with Crippen molar-refractivity contribution >= 4 is 11.4 Å². The van der Waals surface area contributed by atoms with E-state index in [-0.39, 0.29) is 6.73 Å². The monoisotopic (exact) mass is 239 g/mol. The molecule has 1 aliphatic rings. The van der Waals surface area contributed by atoms with Gasteiger partial charge in [0, 0.05) is 17.8 Å². The van der Waals surface area contributed by atoms with E-state index in [1.807, 2.05) is 11.0 Å². The Balaban J connectivity index is 2.24. The SMILES string of the molecule is Cc1ccc2c(c1C)N(CO)c1ccccc1C2. The van der Waals surface area contributed by atoms with Crippen molar-refractivity contribution in [3.8, 4) is 0 Å². The Morgan fingerprint density at radius 3 is 2.61 bits per heavy atom. The summed E-state index contributed by atoms with van der Waals surface area (Å²) in [7, 11) is 0. The Hall–Kier alpha value is -1.80. The molecule has 2 aromatic carbocycles. The van der Waals surface area contributed by atoms with Gasteiger partial charge in [-0.05, 0) is 42.2 Å². The van der Waals surface area contributed by atoms with Crippen LogP contribution in [-0.4, -0.2) is 11.8 Å². The molecule has 0 unspecified atom stereocenters. The lowest BCUT2D eigenvalue weighted by Crippen LogP contribution is -2.25. The maximum absolute atomic E-state index is 9.73. The van der Waals surface area contributed by atoms with E-state index in [1.54, 1.807) is 0 Å². The van der Waals surface area contributed by atoms with Crippen LogP contribution in [0.2, 0.25) is 0 Å². The van der Waals surface area contributed by atoms with Crippen molar-refractivity contribution in [2.24, 2.45) is 0 Å². The van der Waals surface area contributed by atoms with Crippen LogP contribution in [0.4, 0.5) is 11.4 Å². The number of aryl methyl sites for hydroxylation is 1. The van der Waals surface area contributed by atoms with Crippen molar-refractivity contribution in [2.75, 3.05) is 11.6 Å². The molecule has 18 heavy (non-hydrogen) atoms. The number of hydrogen-bond acceptors (Lipinski definition) is 2. The molecular formula is C16H17NO. The molecule has 1 N–H and O–H groups in total. The van der Waals surface area contributed by atoms with E-state index in [1.165, 1.54) is 27.9 Å². The molecular weight excluding hydrogens is 222 g/mol. The van der Waals surface area contributed by atoms with Crippen molar-refractivity contribution in [1.29, 1.82) is 0 Å². The quantitative estimate of drug-likeness (QED) is 0.825. The number of nitrogens with zero attached hydrogens (tertiary/aromatic N) is 1. The van der Waals surface area contributed by atoms with E-state index in [2.05, 4.69) is 44.2 Å². The fourth-order valence-electron chi connectivity index (χ4n) is 2.77. The summed E-state index contributed by atoms with van der Waals surface area (Å²) in [6.07, 6.45) is 0.948. The molecule has 2 aromatic rings. The molecule has 0 spiro atoms. The first-order chi connectivity index (χ1) is 8.72. The van der Waals surface area contributed by atoms with Crippen molar-refractivity contribution in [3.63, 3.8) is 0 Å². The highest BCUT2D eigenvalue weighted by atomic mass is 16.3. The summed E-state index contributed by atoms with van der Waals surface area (Å²) < 4.78 is 0. The number of hydrogen-bond donors (Lipinski definition) is 1. The van der Waals surface area contributed by atoms with Crippen LogP contribution in [0, 0.1) is 13.8 Å². The summed E-state index contributed by atoms with van der Waals surface area (Å²) in [6, 6.07) is 12.6. The topological polar surface area (TPSA) is 23.5 Å². The van der Waals surface area contributed by atoms with Crippen molar-refractivity contribution in [1.82, 2.24) is 0 Å². The zero-order valence-electron chi connectivity index (χ0n) is 10.8. The molecule has 0 aromatic heterocycles. The lowest BCUT2D eigenvalue weighted by Gasteiger charge is -2.33. The molecule has 0 fully saturated rings. The normalized spacial score (nSPS) is 13.2. The van der Waals surface area contributed by atoms with Gasteiger partial charge in [0.25, 0.3) is 0 Å². The third-order valence-electron chi connectivity index (χ3n) is 3.86. The van der Waals surface area contributed by atoms with E-state index in [9.17, 15) is 5.11 Å². The second-order valence-corrected chi connectivity index (χ2v) is 4.89. The molecule has 0 atom stereocenters. The third-order valence-corrected chi connectivity index (χ3v) is 3.86. The van der Waals surface area contributed by atoms with Gasteiger partial charge in [0.1, 0.15) is 6.73 Å². The number of fused-ring (bicyclic) bond motifs is 2. The van der Waals surface area contributed by atoms with E-state index < -0.39 is 0 Å². The minimum absolute atomic E-state index is 0.0221. The van der Waals surface area contributed by atoms with Crippen LogP contribution < -0.4 is 4.90 Å². The summed E-state index contributed by atoms with van der Waals surface area (Å²) in [6.45, 7) is 4.27. The second-order valence-electron chi connectivity index (χ2n) is 4.89. The van der Waals surface area contributed by atoms with Gasteiger partial charge in [0.15, 0.2) is 0 Å². The Bertz CT molecular complexity index is 604. The van der Waals surface area contributed by atoms with Gasteiger partial charge in [-0.25, -0.2) is 0 Å². The average Bonchev–Trinajstić information content (AvgIpc) is 2.41. The van der Waals surface area contributed by atoms with Gasteiger partial charge < -0.3 is 10.0 Å². The van der Waals surface area contributed by atoms with Crippen molar-refractivity contribution in [3.05, 3.63) is 58.7 Å². The predicted molar refractivity (Wildman–Crippen MR) is 74.4 cm³/mol. The number of rotatable bonds is 1. The van der Waals surface area contributed by atoms with Crippen LogP contribution in [0.1, 0.15) is 22.3 Å². The van der Waals surface area contributed by atoms with Gasteiger partial charge in [-0.1, -0.05) is 30.3 Å². The largest absolute Gasteiger partial charge is 0.376 e. The van der Waals surface area contributed by atoms with Crippen LogP contribution in [0.25, 0.3) is 0 Å². The van der Waals surface area contributed by atoms with Crippen LogP contribution in [-0.2, 0) is 6.42 Å². The molecule has 3 rings (SSSR count). The Kier molecular flexibility index (Phi) is 2.60. The van der Waals surface area contributed by atoms with Gasteiger partial charge in [-0.2, -0.15) is 0 Å². The van der Waals surface area contributed by atoms with E-state index in [4.69, 9.17) is 0 Å². The van der Waals surface area contributed by atoms with Crippen LogP contribution in [0.5, 0.6) is 0 Å². The number of aliphatic hydroxyl groups is 1. The molecule has 0 radical (unpaired) electrons. The lowest BCUT2D eigenvalue weighted by atomic mass is 9.92. The highest BCUT2D eigenvalue weighted by molar-refractivity contribution is 5.77. The fraction of sp³-hybridized carbons (Fsp3) is 0.250. The molecule has 2 heteroatoms. The summed E-state index contributed by atoms with van der Waals surface area (Å²) >= 11 is 0. The number of para-hydroxylation sites is 1. The minimum Gasteiger partial charge on any atom is -0.376 e. The van der Waals surface area contributed by atoms with Gasteiger partial charge in [-0.3, -0.25) is 0 Å². The van der Waals surface area contributed by atoms with Gasteiger partial charge >= 0.3 is 0 Å². The summed E-state index contributed by atoms with van der Waals surface area (Å²) in [5.41, 5.74) is 7.41. The highest BCUT2D eigenvalue weighted by Gasteiger charge is 2.23. The second kappa shape index (κ2) is 4.14. The van der Waals surface area contributed by atoms with Crippen LogP contribution in [0.15, 0.2) is 36.4 Å². The molecule has 2 nitrogen and oxygen atoms in total. The average molecular weight is 239 g/mol. The lowest BCUT2D eigenvalue weighted by molar-refractivity contribution is 0.303. The molecule has 0 aliphatic carbocycles. The Labute approximate surface area is 107 Å². The molecule has 1 aliphatic heterocycles. The third kappa shape index (κ3) is 1.53. The van der Waals surface area contributed by atoms with Gasteiger partial charge in [0.05, 0.1) is 0 Å². The fourth-order valence-corrected chi connectivity index (χ4v) is 2.77. The summed E-state index contributed by atoms with van der Waals surface area (Å²) in [5, 5.41) is 9.73. The summed E-state index contributed by atoms with van der Waals surface area (Å²) in [5.74, 6) is 0. The predicted octanol–water partition coefficient (Wildman–Crippen LogP) is 3.30. The first-order valence-electron chi connectivity index (χ1n) is 6.27. The smallest absolute Gasteiger partial charge is 0.120 e. The zero-order valence-corrected chi connectivity index (χ0v) is 10.8. The van der Waals surface area contributed by atoms with Crippen molar-refractivity contribution in [2.45, 2.75) is 20.3 Å². The molecule has 1 heterocycles. The molecule has 0 amide bonds. The first kappa shape index (κ1) is 11.3. The van der Waals surface area contributed by atoms with Crippen LogP contribution in [0.3, 0.4) is 0 Å². The van der Waals surface area contributed by atoms with Crippen LogP contribution >= 0.6 is 0 Å². The zero-order chi connectivity index (χ0) is 12.7. The van der Waals surface area contributed by atoms with E-state index in [0.29, 0.717) is 0 Å². The molecule has 0 saturated carbocycles. The number of aliphatic hydroxyl groups excluding tert-OH is 1. The number of benzene rings is 2. The summed E-state index contributed by atoms with van der Waals surface area (Å²) in [4.78, 5) is 2.01. The van der Waals surface area contributed by atoms with Gasteiger partial charge in [-0.15, -0.1) is 0 Å². The standard InChI is InChI=1S/C16H17NO/c1-11-7-8-14-9-13-5-3-4-6-15(13)17(10-18)16(14)12(11)2/h3-8,18H,9-10H2,1-2H3. The van der Waals surface area contributed by atoms with Crippen molar-refractivity contribution < 1.29 is 5.11 Å². The maximum atomic E-state index is 9.73. The molecule has 0 bridgehead atoms.